The van der Waals surface area contributed by atoms with E-state index in [-0.39, 0.29) is 0 Å². The van der Waals surface area contributed by atoms with Gasteiger partial charge in [-0.05, 0) is 47.3 Å². The quantitative estimate of drug-likeness (QED) is 0.835. The number of pyridine rings is 1. The van der Waals surface area contributed by atoms with Gasteiger partial charge in [0, 0.05) is 16.7 Å². The monoisotopic (exact) mass is 338 g/mol. The lowest BCUT2D eigenvalue weighted by Crippen LogP contribution is -2.17. The molecule has 0 aliphatic heterocycles. The van der Waals surface area contributed by atoms with Gasteiger partial charge in [0.05, 0.1) is 5.02 Å². The minimum atomic E-state index is 0.325. The summed E-state index contributed by atoms with van der Waals surface area (Å²) in [6.07, 6.45) is 3.83. The Balaban J connectivity index is 1.89. The van der Waals surface area contributed by atoms with Crippen LogP contribution >= 0.6 is 27.5 Å². The van der Waals surface area contributed by atoms with Gasteiger partial charge in [0.15, 0.2) is 0 Å². The Morgan fingerprint density at radius 3 is 2.74 bits per heavy atom. The van der Waals surface area contributed by atoms with E-state index in [0.29, 0.717) is 11.1 Å². The van der Waals surface area contributed by atoms with E-state index in [1.54, 1.807) is 6.20 Å². The molecular formula is C15H16BrClN2. The Labute approximate surface area is 127 Å². The van der Waals surface area contributed by atoms with Gasteiger partial charge in [-0.2, -0.15) is 0 Å². The zero-order valence-corrected chi connectivity index (χ0v) is 13.1. The molecule has 1 aromatic heterocycles. The lowest BCUT2D eigenvalue weighted by molar-refractivity contribution is 0.703. The van der Waals surface area contributed by atoms with Crippen molar-refractivity contribution < 1.29 is 0 Å². The van der Waals surface area contributed by atoms with Gasteiger partial charge in [-0.1, -0.05) is 41.9 Å². The zero-order chi connectivity index (χ0) is 13.7. The maximum Gasteiger partial charge on any atom is 0.145 e. The molecule has 0 amide bonds. The standard InChI is InChI=1S/C15H16BrClN2/c1-11(7-8-12-5-3-2-4-6-12)19-15-14(17)9-13(16)10-18-15/h2-6,9-11H,7-8H2,1H3,(H,18,19). The third kappa shape index (κ3) is 4.51. The minimum Gasteiger partial charge on any atom is -0.366 e. The third-order valence-electron chi connectivity index (χ3n) is 2.90. The van der Waals surface area contributed by atoms with E-state index in [2.05, 4.69) is 57.4 Å². The molecule has 2 rings (SSSR count). The average Bonchev–Trinajstić information content (AvgIpc) is 2.41. The number of anilines is 1. The number of nitrogens with zero attached hydrogens (tertiary/aromatic N) is 1. The Hall–Kier alpha value is -1.06. The number of hydrogen-bond donors (Lipinski definition) is 1. The van der Waals surface area contributed by atoms with E-state index < -0.39 is 0 Å². The van der Waals surface area contributed by atoms with Crippen LogP contribution in [0.25, 0.3) is 0 Å². The van der Waals surface area contributed by atoms with Gasteiger partial charge < -0.3 is 5.32 Å². The third-order valence-corrected chi connectivity index (χ3v) is 3.62. The molecule has 0 aliphatic rings. The highest BCUT2D eigenvalue weighted by molar-refractivity contribution is 9.10. The summed E-state index contributed by atoms with van der Waals surface area (Å²) in [7, 11) is 0. The van der Waals surface area contributed by atoms with Gasteiger partial charge >= 0.3 is 0 Å². The lowest BCUT2D eigenvalue weighted by atomic mass is 10.1. The summed E-state index contributed by atoms with van der Waals surface area (Å²) in [5.41, 5.74) is 1.35. The van der Waals surface area contributed by atoms with Crippen molar-refractivity contribution in [3.63, 3.8) is 0 Å². The van der Waals surface area contributed by atoms with Crippen LogP contribution in [-0.4, -0.2) is 11.0 Å². The number of halogens is 2. The van der Waals surface area contributed by atoms with E-state index in [4.69, 9.17) is 11.6 Å². The summed E-state index contributed by atoms with van der Waals surface area (Å²) < 4.78 is 0.889. The highest BCUT2D eigenvalue weighted by atomic mass is 79.9. The van der Waals surface area contributed by atoms with Crippen LogP contribution in [0.3, 0.4) is 0 Å². The summed E-state index contributed by atoms with van der Waals surface area (Å²) >= 11 is 9.48. The maximum absolute atomic E-state index is 6.14. The molecule has 4 heteroatoms. The van der Waals surface area contributed by atoms with Crippen molar-refractivity contribution >= 4 is 33.3 Å². The largest absolute Gasteiger partial charge is 0.366 e. The van der Waals surface area contributed by atoms with Crippen molar-refractivity contribution in [1.82, 2.24) is 4.98 Å². The van der Waals surface area contributed by atoms with Gasteiger partial charge in [-0.25, -0.2) is 4.98 Å². The normalized spacial score (nSPS) is 12.2. The Morgan fingerprint density at radius 2 is 2.05 bits per heavy atom. The minimum absolute atomic E-state index is 0.325. The molecule has 0 radical (unpaired) electrons. The number of benzene rings is 1. The fourth-order valence-electron chi connectivity index (χ4n) is 1.85. The van der Waals surface area contributed by atoms with Gasteiger partial charge in [0.1, 0.15) is 5.82 Å². The Morgan fingerprint density at radius 1 is 1.32 bits per heavy atom. The number of aryl methyl sites for hydroxylation is 1. The Bertz CT molecular complexity index is 531. The molecule has 0 spiro atoms. The molecule has 0 fully saturated rings. The van der Waals surface area contributed by atoms with Gasteiger partial charge in [-0.15, -0.1) is 0 Å². The highest BCUT2D eigenvalue weighted by Crippen LogP contribution is 2.23. The second-order valence-corrected chi connectivity index (χ2v) is 5.88. The van der Waals surface area contributed by atoms with Gasteiger partial charge in [0.2, 0.25) is 0 Å². The molecule has 2 nitrogen and oxygen atoms in total. The van der Waals surface area contributed by atoms with Crippen LogP contribution in [0, 0.1) is 0 Å². The topological polar surface area (TPSA) is 24.9 Å². The van der Waals surface area contributed by atoms with Crippen molar-refractivity contribution in [2.24, 2.45) is 0 Å². The maximum atomic E-state index is 6.14. The number of rotatable bonds is 5. The van der Waals surface area contributed by atoms with E-state index in [9.17, 15) is 0 Å². The molecule has 0 saturated carbocycles. The second-order valence-electron chi connectivity index (χ2n) is 4.55. The molecule has 0 bridgehead atoms. The second kappa shape index (κ2) is 6.92. The first-order valence-electron chi connectivity index (χ1n) is 6.26. The summed E-state index contributed by atoms with van der Waals surface area (Å²) in [5.74, 6) is 0.741. The van der Waals surface area contributed by atoms with Crippen LogP contribution in [0.4, 0.5) is 5.82 Å². The summed E-state index contributed by atoms with van der Waals surface area (Å²) in [6, 6.07) is 12.7. The molecule has 1 unspecified atom stereocenters. The number of nitrogens with one attached hydrogen (secondary N) is 1. The highest BCUT2D eigenvalue weighted by Gasteiger charge is 2.07. The summed E-state index contributed by atoms with van der Waals surface area (Å²) in [5, 5.41) is 3.98. The van der Waals surface area contributed by atoms with Crippen LogP contribution in [0.5, 0.6) is 0 Å². The summed E-state index contributed by atoms with van der Waals surface area (Å²) in [4.78, 5) is 4.28. The first-order chi connectivity index (χ1) is 9.15. The molecule has 1 aromatic carbocycles. The molecule has 1 N–H and O–H groups in total. The van der Waals surface area contributed by atoms with Crippen molar-refractivity contribution in [1.29, 1.82) is 0 Å². The fourth-order valence-corrected chi connectivity index (χ4v) is 2.54. The number of hydrogen-bond acceptors (Lipinski definition) is 2. The van der Waals surface area contributed by atoms with E-state index in [0.717, 1.165) is 23.1 Å². The fraction of sp³-hybridized carbons (Fsp3) is 0.267. The molecule has 100 valence electrons. The molecule has 2 aromatic rings. The molecule has 0 saturated heterocycles. The first kappa shape index (κ1) is 14.4. The van der Waals surface area contributed by atoms with Crippen LogP contribution in [0.2, 0.25) is 5.02 Å². The molecular weight excluding hydrogens is 324 g/mol. The van der Waals surface area contributed by atoms with Crippen molar-refractivity contribution in [3.05, 3.63) is 57.7 Å². The number of aromatic nitrogens is 1. The van der Waals surface area contributed by atoms with Crippen molar-refractivity contribution in [2.45, 2.75) is 25.8 Å². The smallest absolute Gasteiger partial charge is 0.145 e. The van der Waals surface area contributed by atoms with E-state index >= 15 is 0 Å². The predicted octanol–water partition coefficient (Wildman–Crippen LogP) is 4.93. The lowest BCUT2D eigenvalue weighted by Gasteiger charge is -2.15. The molecule has 19 heavy (non-hydrogen) atoms. The summed E-state index contributed by atoms with van der Waals surface area (Å²) in [6.45, 7) is 2.14. The average molecular weight is 340 g/mol. The predicted molar refractivity (Wildman–Crippen MR) is 84.8 cm³/mol. The SMILES string of the molecule is CC(CCc1ccccc1)Nc1ncc(Br)cc1Cl. The van der Waals surface area contributed by atoms with E-state index in [1.807, 2.05) is 12.1 Å². The van der Waals surface area contributed by atoms with Crippen molar-refractivity contribution in [2.75, 3.05) is 5.32 Å². The molecule has 1 heterocycles. The molecule has 1 atom stereocenters. The van der Waals surface area contributed by atoms with Gasteiger partial charge in [-0.3, -0.25) is 0 Å². The van der Waals surface area contributed by atoms with Crippen LogP contribution in [0.15, 0.2) is 47.1 Å². The van der Waals surface area contributed by atoms with Crippen LogP contribution in [0.1, 0.15) is 18.9 Å². The molecule has 0 aliphatic carbocycles. The van der Waals surface area contributed by atoms with Gasteiger partial charge in [0.25, 0.3) is 0 Å². The van der Waals surface area contributed by atoms with Crippen molar-refractivity contribution in [3.8, 4) is 0 Å². The Kier molecular flexibility index (Phi) is 5.23. The first-order valence-corrected chi connectivity index (χ1v) is 7.44. The van der Waals surface area contributed by atoms with Crippen LogP contribution in [-0.2, 0) is 6.42 Å². The van der Waals surface area contributed by atoms with Crippen LogP contribution < -0.4 is 5.32 Å². The zero-order valence-electron chi connectivity index (χ0n) is 10.7. The van der Waals surface area contributed by atoms with E-state index in [1.165, 1.54) is 5.56 Å².